The Morgan fingerprint density at radius 3 is 2.78 bits per heavy atom. The van der Waals surface area contributed by atoms with E-state index in [1.807, 2.05) is 18.2 Å². The van der Waals surface area contributed by atoms with Crippen LogP contribution in [0.15, 0.2) is 22.7 Å². The Balaban J connectivity index is 1.70. The van der Waals surface area contributed by atoms with Crippen LogP contribution < -0.4 is 5.32 Å². The predicted octanol–water partition coefficient (Wildman–Crippen LogP) is 4.21. The molecule has 18 heavy (non-hydrogen) atoms. The first-order valence-electron chi connectivity index (χ1n) is 6.94. The van der Waals surface area contributed by atoms with Crippen molar-refractivity contribution in [2.24, 2.45) is 5.92 Å². The predicted molar refractivity (Wildman–Crippen MR) is 78.7 cm³/mol. The number of rotatable bonds is 5. The maximum absolute atomic E-state index is 9.86. The molecule has 0 atom stereocenters. The van der Waals surface area contributed by atoms with Crippen molar-refractivity contribution in [3.8, 4) is 5.75 Å². The van der Waals surface area contributed by atoms with Gasteiger partial charge >= 0.3 is 0 Å². The normalized spacial score (nSPS) is 16.9. The number of phenols is 1. The lowest BCUT2D eigenvalue weighted by Crippen LogP contribution is -2.19. The number of halogens is 1. The first-order valence-corrected chi connectivity index (χ1v) is 7.74. The molecule has 1 aromatic carbocycles. The zero-order valence-corrected chi connectivity index (χ0v) is 12.4. The van der Waals surface area contributed by atoms with Crippen LogP contribution in [0.5, 0.6) is 5.75 Å². The van der Waals surface area contributed by atoms with Crippen molar-refractivity contribution in [1.82, 2.24) is 5.32 Å². The summed E-state index contributed by atoms with van der Waals surface area (Å²) in [4.78, 5) is 0. The second kappa shape index (κ2) is 7.15. The Morgan fingerprint density at radius 2 is 2.00 bits per heavy atom. The van der Waals surface area contributed by atoms with Gasteiger partial charge in [0, 0.05) is 12.1 Å². The molecule has 1 fully saturated rings. The third-order valence-electron chi connectivity index (χ3n) is 3.84. The number of aromatic hydroxyl groups is 1. The maximum Gasteiger partial charge on any atom is 0.134 e. The number of phenolic OH excluding ortho intramolecular Hbond substituents is 1. The molecule has 0 bridgehead atoms. The molecule has 0 aliphatic heterocycles. The molecule has 1 aromatic rings. The summed E-state index contributed by atoms with van der Waals surface area (Å²) in [6.07, 6.45) is 8.34. The number of nitrogens with one attached hydrogen (secondary N) is 1. The first-order chi connectivity index (χ1) is 8.77. The van der Waals surface area contributed by atoms with Crippen molar-refractivity contribution in [1.29, 1.82) is 0 Å². The van der Waals surface area contributed by atoms with Crippen molar-refractivity contribution in [2.45, 2.75) is 45.1 Å². The minimum absolute atomic E-state index is 0.364. The van der Waals surface area contributed by atoms with E-state index in [4.69, 9.17) is 0 Å². The van der Waals surface area contributed by atoms with Gasteiger partial charge in [0.2, 0.25) is 0 Å². The molecule has 1 aliphatic rings. The molecule has 100 valence electrons. The van der Waals surface area contributed by atoms with Gasteiger partial charge in [-0.1, -0.05) is 44.2 Å². The Labute approximate surface area is 118 Å². The average molecular weight is 312 g/mol. The quantitative estimate of drug-likeness (QED) is 0.798. The fourth-order valence-electron chi connectivity index (χ4n) is 2.71. The number of hydrogen-bond donors (Lipinski definition) is 2. The highest BCUT2D eigenvalue weighted by Crippen LogP contribution is 2.28. The Morgan fingerprint density at radius 1 is 1.22 bits per heavy atom. The highest BCUT2D eigenvalue weighted by molar-refractivity contribution is 9.10. The molecule has 0 saturated heterocycles. The topological polar surface area (TPSA) is 32.3 Å². The van der Waals surface area contributed by atoms with Crippen LogP contribution >= 0.6 is 15.9 Å². The second-order valence-corrected chi connectivity index (χ2v) is 6.07. The molecule has 2 nitrogen and oxygen atoms in total. The number of hydrogen-bond acceptors (Lipinski definition) is 2. The monoisotopic (exact) mass is 311 g/mol. The van der Waals surface area contributed by atoms with Gasteiger partial charge in [0.25, 0.3) is 0 Å². The molecular formula is C15H22BrNO. The van der Waals surface area contributed by atoms with E-state index in [1.54, 1.807) is 0 Å². The van der Waals surface area contributed by atoms with Crippen molar-refractivity contribution < 1.29 is 5.11 Å². The fraction of sp³-hybridized carbons (Fsp3) is 0.600. The molecule has 0 radical (unpaired) electrons. The summed E-state index contributed by atoms with van der Waals surface area (Å²) in [6, 6.07) is 5.79. The SMILES string of the molecule is Oc1c(Br)cccc1CNCCC1CCCCC1. The van der Waals surface area contributed by atoms with E-state index in [0.29, 0.717) is 5.75 Å². The van der Waals surface area contributed by atoms with Gasteiger partial charge in [0.15, 0.2) is 0 Å². The van der Waals surface area contributed by atoms with E-state index >= 15 is 0 Å². The Kier molecular flexibility index (Phi) is 5.51. The van der Waals surface area contributed by atoms with E-state index < -0.39 is 0 Å². The molecule has 0 amide bonds. The summed E-state index contributed by atoms with van der Waals surface area (Å²) in [5.41, 5.74) is 0.966. The smallest absolute Gasteiger partial charge is 0.134 e. The van der Waals surface area contributed by atoms with E-state index in [1.165, 1.54) is 38.5 Å². The van der Waals surface area contributed by atoms with Crippen LogP contribution in [0, 0.1) is 5.92 Å². The molecule has 3 heteroatoms. The lowest BCUT2D eigenvalue weighted by molar-refractivity contribution is 0.333. The van der Waals surface area contributed by atoms with Crippen molar-refractivity contribution in [3.05, 3.63) is 28.2 Å². The molecule has 2 N–H and O–H groups in total. The van der Waals surface area contributed by atoms with Gasteiger partial charge < -0.3 is 10.4 Å². The van der Waals surface area contributed by atoms with Crippen LogP contribution in [0.25, 0.3) is 0 Å². The van der Waals surface area contributed by atoms with Gasteiger partial charge in [-0.15, -0.1) is 0 Å². The van der Waals surface area contributed by atoms with Gasteiger partial charge in [0.05, 0.1) is 4.47 Å². The molecule has 0 spiro atoms. The van der Waals surface area contributed by atoms with Crippen LogP contribution in [0.1, 0.15) is 44.1 Å². The molecule has 0 unspecified atom stereocenters. The zero-order valence-electron chi connectivity index (χ0n) is 10.8. The van der Waals surface area contributed by atoms with Crippen molar-refractivity contribution >= 4 is 15.9 Å². The first kappa shape index (κ1) is 13.9. The highest BCUT2D eigenvalue weighted by Gasteiger charge is 2.12. The van der Waals surface area contributed by atoms with E-state index in [-0.39, 0.29) is 0 Å². The third-order valence-corrected chi connectivity index (χ3v) is 4.48. The maximum atomic E-state index is 9.86. The minimum atomic E-state index is 0.364. The van der Waals surface area contributed by atoms with E-state index in [2.05, 4.69) is 21.2 Å². The second-order valence-electron chi connectivity index (χ2n) is 5.22. The average Bonchev–Trinajstić information content (AvgIpc) is 2.40. The van der Waals surface area contributed by atoms with Crippen molar-refractivity contribution in [3.63, 3.8) is 0 Å². The summed E-state index contributed by atoms with van der Waals surface area (Å²) in [5.74, 6) is 1.28. The Bertz CT molecular complexity index is 375. The largest absolute Gasteiger partial charge is 0.506 e. The zero-order chi connectivity index (χ0) is 12.8. The Hall–Kier alpha value is -0.540. The van der Waals surface area contributed by atoms with Crippen LogP contribution in [-0.4, -0.2) is 11.7 Å². The summed E-state index contributed by atoms with van der Waals surface area (Å²) in [7, 11) is 0. The van der Waals surface area contributed by atoms with Crippen molar-refractivity contribution in [2.75, 3.05) is 6.54 Å². The molecule has 1 aliphatic carbocycles. The summed E-state index contributed by atoms with van der Waals surface area (Å²) >= 11 is 3.34. The molecular weight excluding hydrogens is 290 g/mol. The summed E-state index contributed by atoms with van der Waals surface area (Å²) < 4.78 is 0.772. The van der Waals surface area contributed by atoms with Crippen LogP contribution in [-0.2, 0) is 6.54 Å². The molecule has 1 saturated carbocycles. The van der Waals surface area contributed by atoms with Gasteiger partial charge in [0.1, 0.15) is 5.75 Å². The van der Waals surface area contributed by atoms with E-state index in [9.17, 15) is 5.11 Å². The van der Waals surface area contributed by atoms with Crippen LogP contribution in [0.2, 0.25) is 0 Å². The van der Waals surface area contributed by atoms with E-state index in [0.717, 1.165) is 29.0 Å². The van der Waals surface area contributed by atoms with Crippen LogP contribution in [0.4, 0.5) is 0 Å². The standard InChI is InChI=1S/C15H22BrNO/c16-14-8-4-7-13(15(14)18)11-17-10-9-12-5-2-1-3-6-12/h4,7-8,12,17-18H,1-3,5-6,9-11H2. The van der Waals surface area contributed by atoms with Gasteiger partial charge in [-0.3, -0.25) is 0 Å². The van der Waals surface area contributed by atoms with Gasteiger partial charge in [-0.05, 0) is 40.9 Å². The van der Waals surface area contributed by atoms with Gasteiger partial charge in [-0.2, -0.15) is 0 Å². The molecule has 2 rings (SSSR count). The minimum Gasteiger partial charge on any atom is -0.506 e. The summed E-state index contributed by atoms with van der Waals surface area (Å²) in [6.45, 7) is 1.80. The van der Waals surface area contributed by atoms with Gasteiger partial charge in [-0.25, -0.2) is 0 Å². The number of benzene rings is 1. The lowest BCUT2D eigenvalue weighted by Gasteiger charge is -2.21. The fourth-order valence-corrected chi connectivity index (χ4v) is 3.11. The summed E-state index contributed by atoms with van der Waals surface area (Å²) in [5, 5.41) is 13.3. The van der Waals surface area contributed by atoms with Crippen LogP contribution in [0.3, 0.4) is 0 Å². The number of para-hydroxylation sites is 1. The third kappa shape index (κ3) is 3.99. The lowest BCUT2D eigenvalue weighted by atomic mass is 9.87. The highest BCUT2D eigenvalue weighted by atomic mass is 79.9. The molecule has 0 aromatic heterocycles. The molecule has 0 heterocycles.